The summed E-state index contributed by atoms with van der Waals surface area (Å²) in [5.41, 5.74) is 5.31. The van der Waals surface area contributed by atoms with Gasteiger partial charge in [-0.05, 0) is 31.4 Å². The summed E-state index contributed by atoms with van der Waals surface area (Å²) in [5, 5.41) is 2.30. The predicted molar refractivity (Wildman–Crippen MR) is 60.3 cm³/mol. The van der Waals surface area contributed by atoms with Gasteiger partial charge in [0.1, 0.15) is 17.3 Å². The number of carbonyl (C=O) groups is 1. The number of benzene rings is 1. The number of nitrogens with two attached hydrogens (primary N) is 1. The van der Waals surface area contributed by atoms with Gasteiger partial charge in [0.05, 0.1) is 0 Å². The second kappa shape index (κ2) is 4.79. The largest absolute Gasteiger partial charge is 0.328 e. The maximum absolute atomic E-state index is 13.3. The Hall–Kier alpha value is -1.49. The van der Waals surface area contributed by atoms with Crippen molar-refractivity contribution in [3.63, 3.8) is 0 Å². The van der Waals surface area contributed by atoms with Crippen LogP contribution in [0.5, 0.6) is 0 Å². The van der Waals surface area contributed by atoms with Crippen LogP contribution >= 0.6 is 0 Å². The van der Waals surface area contributed by atoms with Gasteiger partial charge in [-0.2, -0.15) is 0 Å². The standard InChI is InChI=1S/C12H14F2N2O/c13-9-2-1-3-10(14)11(9)16-12(17)7-4-5-8(15)6-7/h1-3,7-8H,4-6,15H2,(H,16,17). The molecule has 1 aromatic carbocycles. The van der Waals surface area contributed by atoms with Crippen LogP contribution < -0.4 is 11.1 Å². The number of anilines is 1. The molecule has 2 rings (SSSR count). The van der Waals surface area contributed by atoms with E-state index in [1.54, 1.807) is 0 Å². The molecule has 1 saturated carbocycles. The van der Waals surface area contributed by atoms with Gasteiger partial charge in [0.25, 0.3) is 0 Å². The molecule has 3 N–H and O–H groups in total. The van der Waals surface area contributed by atoms with E-state index in [1.807, 2.05) is 0 Å². The van der Waals surface area contributed by atoms with Gasteiger partial charge in [0, 0.05) is 12.0 Å². The van der Waals surface area contributed by atoms with E-state index in [4.69, 9.17) is 5.73 Å². The lowest BCUT2D eigenvalue weighted by molar-refractivity contribution is -0.119. The molecule has 0 spiro atoms. The summed E-state index contributed by atoms with van der Waals surface area (Å²) < 4.78 is 26.6. The van der Waals surface area contributed by atoms with Gasteiger partial charge in [0.15, 0.2) is 0 Å². The normalized spacial score (nSPS) is 23.7. The van der Waals surface area contributed by atoms with Crippen LogP contribution in [0.25, 0.3) is 0 Å². The van der Waals surface area contributed by atoms with Crippen molar-refractivity contribution in [3.8, 4) is 0 Å². The van der Waals surface area contributed by atoms with E-state index in [0.717, 1.165) is 18.6 Å². The van der Waals surface area contributed by atoms with Crippen molar-refractivity contribution in [2.45, 2.75) is 25.3 Å². The van der Waals surface area contributed by atoms with E-state index < -0.39 is 11.6 Å². The van der Waals surface area contributed by atoms with Crippen LogP contribution in [-0.4, -0.2) is 11.9 Å². The lowest BCUT2D eigenvalue weighted by Gasteiger charge is -2.11. The maximum Gasteiger partial charge on any atom is 0.227 e. The third-order valence-corrected chi connectivity index (χ3v) is 3.05. The van der Waals surface area contributed by atoms with E-state index >= 15 is 0 Å². The Morgan fingerprint density at radius 1 is 1.29 bits per heavy atom. The fourth-order valence-corrected chi connectivity index (χ4v) is 2.10. The number of carbonyl (C=O) groups excluding carboxylic acids is 1. The highest BCUT2D eigenvalue weighted by molar-refractivity contribution is 5.93. The maximum atomic E-state index is 13.3. The third kappa shape index (κ3) is 2.61. The van der Waals surface area contributed by atoms with Crippen molar-refractivity contribution in [2.75, 3.05) is 5.32 Å². The highest BCUT2D eigenvalue weighted by atomic mass is 19.1. The molecule has 0 radical (unpaired) electrons. The number of hydrogen-bond donors (Lipinski definition) is 2. The third-order valence-electron chi connectivity index (χ3n) is 3.05. The molecular formula is C12H14F2N2O. The molecule has 17 heavy (non-hydrogen) atoms. The van der Waals surface area contributed by atoms with Gasteiger partial charge in [-0.15, -0.1) is 0 Å². The van der Waals surface area contributed by atoms with Crippen LogP contribution in [0.3, 0.4) is 0 Å². The van der Waals surface area contributed by atoms with Crippen LogP contribution in [0, 0.1) is 17.6 Å². The fourth-order valence-electron chi connectivity index (χ4n) is 2.10. The summed E-state index contributed by atoms with van der Waals surface area (Å²) >= 11 is 0. The highest BCUT2D eigenvalue weighted by Gasteiger charge is 2.28. The van der Waals surface area contributed by atoms with E-state index in [0.29, 0.717) is 12.8 Å². The Labute approximate surface area is 98.0 Å². The number of amides is 1. The summed E-state index contributed by atoms with van der Waals surface area (Å²) in [7, 11) is 0. The molecule has 0 saturated heterocycles. The van der Waals surface area contributed by atoms with Gasteiger partial charge in [-0.25, -0.2) is 8.78 Å². The Morgan fingerprint density at radius 2 is 1.94 bits per heavy atom. The van der Waals surface area contributed by atoms with Gasteiger partial charge in [0.2, 0.25) is 5.91 Å². The fraction of sp³-hybridized carbons (Fsp3) is 0.417. The minimum absolute atomic E-state index is 0.0104. The molecule has 5 heteroatoms. The molecule has 1 aliphatic carbocycles. The van der Waals surface area contributed by atoms with E-state index in [-0.39, 0.29) is 23.6 Å². The van der Waals surface area contributed by atoms with Crippen LogP contribution in [0.2, 0.25) is 0 Å². The van der Waals surface area contributed by atoms with Crippen LogP contribution in [0.15, 0.2) is 18.2 Å². The minimum atomic E-state index is -0.763. The Morgan fingerprint density at radius 3 is 2.47 bits per heavy atom. The number of hydrogen-bond acceptors (Lipinski definition) is 2. The molecule has 1 fully saturated rings. The Kier molecular flexibility index (Phi) is 3.38. The summed E-state index contributed by atoms with van der Waals surface area (Å²) in [6, 6.07) is 3.49. The number of halogens is 2. The van der Waals surface area contributed by atoms with Gasteiger partial charge in [-0.3, -0.25) is 4.79 Å². The average molecular weight is 240 g/mol. The minimum Gasteiger partial charge on any atom is -0.328 e. The topological polar surface area (TPSA) is 55.1 Å². The summed E-state index contributed by atoms with van der Waals surface area (Å²) in [6.07, 6.45) is 2.02. The lowest BCUT2D eigenvalue weighted by Crippen LogP contribution is -2.24. The molecule has 3 nitrogen and oxygen atoms in total. The van der Waals surface area contributed by atoms with Crippen LogP contribution in [0.1, 0.15) is 19.3 Å². The lowest BCUT2D eigenvalue weighted by atomic mass is 10.1. The van der Waals surface area contributed by atoms with Crippen molar-refractivity contribution in [3.05, 3.63) is 29.8 Å². The van der Waals surface area contributed by atoms with Gasteiger partial charge < -0.3 is 11.1 Å². The molecular weight excluding hydrogens is 226 g/mol. The zero-order valence-corrected chi connectivity index (χ0v) is 9.25. The van der Waals surface area contributed by atoms with E-state index in [9.17, 15) is 13.6 Å². The first-order chi connectivity index (χ1) is 8.08. The number of rotatable bonds is 2. The first-order valence-electron chi connectivity index (χ1n) is 5.58. The molecule has 0 aromatic heterocycles. The summed E-state index contributed by atoms with van der Waals surface area (Å²) in [6.45, 7) is 0. The zero-order valence-electron chi connectivity index (χ0n) is 9.25. The first-order valence-corrected chi connectivity index (χ1v) is 5.58. The summed E-state index contributed by atoms with van der Waals surface area (Å²) in [5.74, 6) is -2.13. The van der Waals surface area contributed by atoms with E-state index in [1.165, 1.54) is 6.07 Å². The van der Waals surface area contributed by atoms with Gasteiger partial charge in [-0.1, -0.05) is 6.07 Å². The van der Waals surface area contributed by atoms with Crippen molar-refractivity contribution in [2.24, 2.45) is 11.7 Å². The predicted octanol–water partition coefficient (Wildman–Crippen LogP) is 2.03. The molecule has 1 aliphatic rings. The molecule has 2 unspecified atom stereocenters. The number of nitrogens with one attached hydrogen (secondary N) is 1. The van der Waals surface area contributed by atoms with Crippen molar-refractivity contribution in [1.82, 2.24) is 0 Å². The van der Waals surface area contributed by atoms with Crippen LogP contribution in [-0.2, 0) is 4.79 Å². The molecule has 1 aromatic rings. The first kappa shape index (κ1) is 12.0. The molecule has 2 atom stereocenters. The Balaban J connectivity index is 2.08. The monoisotopic (exact) mass is 240 g/mol. The molecule has 0 bridgehead atoms. The van der Waals surface area contributed by atoms with E-state index in [2.05, 4.69) is 5.32 Å². The zero-order chi connectivity index (χ0) is 12.4. The van der Waals surface area contributed by atoms with Crippen molar-refractivity contribution < 1.29 is 13.6 Å². The quantitative estimate of drug-likeness (QED) is 0.831. The molecule has 0 heterocycles. The van der Waals surface area contributed by atoms with Crippen molar-refractivity contribution in [1.29, 1.82) is 0 Å². The molecule has 1 amide bonds. The van der Waals surface area contributed by atoms with Crippen molar-refractivity contribution >= 4 is 11.6 Å². The molecule has 0 aliphatic heterocycles. The van der Waals surface area contributed by atoms with Crippen LogP contribution in [0.4, 0.5) is 14.5 Å². The number of para-hydroxylation sites is 1. The second-order valence-electron chi connectivity index (χ2n) is 4.36. The Bertz CT molecular complexity index is 416. The smallest absolute Gasteiger partial charge is 0.227 e. The van der Waals surface area contributed by atoms with Gasteiger partial charge >= 0.3 is 0 Å². The highest BCUT2D eigenvalue weighted by Crippen LogP contribution is 2.26. The second-order valence-corrected chi connectivity index (χ2v) is 4.36. The average Bonchev–Trinajstić information content (AvgIpc) is 2.70. The SMILES string of the molecule is NC1CCC(C(=O)Nc2c(F)cccc2F)C1. The molecule has 92 valence electrons. The summed E-state index contributed by atoms with van der Waals surface area (Å²) in [4.78, 5) is 11.8.